The number of rotatable bonds is 4. The fourth-order valence-corrected chi connectivity index (χ4v) is 3.96. The molecule has 0 spiro atoms. The van der Waals surface area contributed by atoms with Gasteiger partial charge in [-0.15, -0.1) is 0 Å². The van der Waals surface area contributed by atoms with E-state index < -0.39 is 0 Å². The van der Waals surface area contributed by atoms with Crippen LogP contribution < -0.4 is 10.2 Å². The third-order valence-electron chi connectivity index (χ3n) is 5.58. The van der Waals surface area contributed by atoms with E-state index >= 15 is 0 Å². The molecule has 1 aromatic carbocycles. The van der Waals surface area contributed by atoms with Gasteiger partial charge in [0.2, 0.25) is 5.91 Å². The van der Waals surface area contributed by atoms with Gasteiger partial charge in [0.05, 0.1) is 0 Å². The number of amides is 1. The van der Waals surface area contributed by atoms with Gasteiger partial charge in [0.15, 0.2) is 0 Å². The standard InChI is InChI=1S/C20H31N3O/c1-16-15-23(17(2)24)13-10-20(16)21-14-18-6-8-19(9-7-18)22-11-4-3-5-12-22/h6-9,16,20-21H,3-5,10-15H2,1-2H3/t16-,20-/m1/s1. The lowest BCUT2D eigenvalue weighted by Crippen LogP contribution is -2.49. The van der Waals surface area contributed by atoms with Crippen molar-refractivity contribution in [2.45, 2.75) is 52.1 Å². The summed E-state index contributed by atoms with van der Waals surface area (Å²) in [6.07, 6.45) is 5.06. The fourth-order valence-electron chi connectivity index (χ4n) is 3.96. The second-order valence-electron chi connectivity index (χ2n) is 7.43. The highest BCUT2D eigenvalue weighted by Gasteiger charge is 2.26. The van der Waals surface area contributed by atoms with Gasteiger partial charge in [-0.25, -0.2) is 0 Å². The van der Waals surface area contributed by atoms with Crippen LogP contribution in [0, 0.1) is 5.92 Å². The van der Waals surface area contributed by atoms with Gasteiger partial charge >= 0.3 is 0 Å². The molecule has 0 aromatic heterocycles. The van der Waals surface area contributed by atoms with Crippen molar-refractivity contribution in [3.8, 4) is 0 Å². The maximum atomic E-state index is 11.5. The summed E-state index contributed by atoms with van der Waals surface area (Å²) in [5.74, 6) is 0.712. The SMILES string of the molecule is CC(=O)N1CC[C@@H](NCc2ccc(N3CCCCC3)cc2)[C@H](C)C1. The van der Waals surface area contributed by atoms with Gasteiger partial charge in [0.1, 0.15) is 0 Å². The number of nitrogens with zero attached hydrogens (tertiary/aromatic N) is 2. The first-order chi connectivity index (χ1) is 11.6. The van der Waals surface area contributed by atoms with Crippen molar-refractivity contribution in [3.63, 3.8) is 0 Å². The van der Waals surface area contributed by atoms with E-state index in [1.807, 2.05) is 4.90 Å². The summed E-state index contributed by atoms with van der Waals surface area (Å²) in [5, 5.41) is 3.69. The summed E-state index contributed by atoms with van der Waals surface area (Å²) in [5.41, 5.74) is 2.71. The minimum absolute atomic E-state index is 0.202. The maximum Gasteiger partial charge on any atom is 0.219 e. The van der Waals surface area contributed by atoms with Crippen LogP contribution in [-0.2, 0) is 11.3 Å². The quantitative estimate of drug-likeness (QED) is 0.922. The van der Waals surface area contributed by atoms with E-state index in [0.717, 1.165) is 26.1 Å². The van der Waals surface area contributed by atoms with Crippen molar-refractivity contribution in [1.29, 1.82) is 0 Å². The summed E-state index contributed by atoms with van der Waals surface area (Å²) in [4.78, 5) is 16.0. The Morgan fingerprint density at radius 3 is 2.46 bits per heavy atom. The van der Waals surface area contributed by atoms with Crippen molar-refractivity contribution in [2.75, 3.05) is 31.1 Å². The van der Waals surface area contributed by atoms with Crippen molar-refractivity contribution < 1.29 is 4.79 Å². The van der Waals surface area contributed by atoms with Crippen LogP contribution in [0.2, 0.25) is 0 Å². The zero-order valence-electron chi connectivity index (χ0n) is 15.1. The average molecular weight is 329 g/mol. The lowest BCUT2D eigenvalue weighted by Gasteiger charge is -2.37. The Morgan fingerprint density at radius 1 is 1.12 bits per heavy atom. The molecule has 2 atom stereocenters. The molecule has 2 heterocycles. The molecule has 2 saturated heterocycles. The van der Waals surface area contributed by atoms with Crippen LogP contribution in [0.5, 0.6) is 0 Å². The van der Waals surface area contributed by atoms with Crippen LogP contribution in [0.4, 0.5) is 5.69 Å². The predicted molar refractivity (Wildman–Crippen MR) is 99.2 cm³/mol. The summed E-state index contributed by atoms with van der Waals surface area (Å²) in [6, 6.07) is 9.55. The first-order valence-electron chi connectivity index (χ1n) is 9.46. The molecular weight excluding hydrogens is 298 g/mol. The van der Waals surface area contributed by atoms with Crippen LogP contribution in [0.1, 0.15) is 45.1 Å². The number of benzene rings is 1. The molecule has 2 fully saturated rings. The van der Waals surface area contributed by atoms with Gasteiger partial charge < -0.3 is 15.1 Å². The smallest absolute Gasteiger partial charge is 0.219 e. The Morgan fingerprint density at radius 2 is 1.83 bits per heavy atom. The summed E-state index contributed by atoms with van der Waals surface area (Å²) in [6.45, 7) is 8.98. The number of piperidine rings is 2. The van der Waals surface area contributed by atoms with Gasteiger partial charge in [0, 0.05) is 51.4 Å². The summed E-state index contributed by atoms with van der Waals surface area (Å²) < 4.78 is 0. The zero-order chi connectivity index (χ0) is 16.9. The van der Waals surface area contributed by atoms with E-state index in [-0.39, 0.29) is 5.91 Å². The lowest BCUT2D eigenvalue weighted by atomic mass is 9.93. The number of anilines is 1. The molecule has 24 heavy (non-hydrogen) atoms. The number of likely N-dealkylation sites (tertiary alicyclic amines) is 1. The Bertz CT molecular complexity index is 536. The Balaban J connectivity index is 1.49. The third kappa shape index (κ3) is 4.29. The monoisotopic (exact) mass is 329 g/mol. The van der Waals surface area contributed by atoms with Crippen molar-refractivity contribution >= 4 is 11.6 Å². The second-order valence-corrected chi connectivity index (χ2v) is 7.43. The van der Waals surface area contributed by atoms with Crippen molar-refractivity contribution in [2.24, 2.45) is 5.92 Å². The van der Waals surface area contributed by atoms with E-state index in [1.54, 1.807) is 6.92 Å². The first-order valence-corrected chi connectivity index (χ1v) is 9.46. The summed E-state index contributed by atoms with van der Waals surface area (Å²) in [7, 11) is 0. The largest absolute Gasteiger partial charge is 0.372 e. The number of carbonyl (C=O) groups is 1. The molecule has 4 heteroatoms. The molecule has 0 saturated carbocycles. The second kappa shape index (κ2) is 8.02. The van der Waals surface area contributed by atoms with Crippen LogP contribution in [0.3, 0.4) is 0 Å². The normalized spacial score (nSPS) is 24.9. The van der Waals surface area contributed by atoms with Crippen LogP contribution in [0.15, 0.2) is 24.3 Å². The average Bonchev–Trinajstić information content (AvgIpc) is 2.62. The summed E-state index contributed by atoms with van der Waals surface area (Å²) >= 11 is 0. The number of nitrogens with one attached hydrogen (secondary N) is 1. The van der Waals surface area contributed by atoms with Gasteiger partial charge in [-0.05, 0) is 49.3 Å². The highest BCUT2D eigenvalue weighted by Crippen LogP contribution is 2.21. The molecule has 0 unspecified atom stereocenters. The number of carbonyl (C=O) groups excluding carboxylic acids is 1. The Hall–Kier alpha value is -1.55. The van der Waals surface area contributed by atoms with E-state index in [9.17, 15) is 4.79 Å². The number of hydrogen-bond donors (Lipinski definition) is 1. The fraction of sp³-hybridized carbons (Fsp3) is 0.650. The van der Waals surface area contributed by atoms with Crippen molar-refractivity contribution in [1.82, 2.24) is 10.2 Å². The molecule has 0 radical (unpaired) electrons. The molecule has 1 aromatic rings. The predicted octanol–water partition coefficient (Wildman–Crippen LogP) is 3.02. The van der Waals surface area contributed by atoms with Crippen LogP contribution in [-0.4, -0.2) is 43.0 Å². The molecule has 2 aliphatic heterocycles. The van der Waals surface area contributed by atoms with Crippen molar-refractivity contribution in [3.05, 3.63) is 29.8 Å². The number of hydrogen-bond acceptors (Lipinski definition) is 3. The van der Waals surface area contributed by atoms with Gasteiger partial charge in [0.25, 0.3) is 0 Å². The highest BCUT2D eigenvalue weighted by atomic mass is 16.2. The minimum Gasteiger partial charge on any atom is -0.372 e. The molecule has 4 nitrogen and oxygen atoms in total. The molecule has 132 valence electrons. The van der Waals surface area contributed by atoms with E-state index in [0.29, 0.717) is 12.0 Å². The Kier molecular flexibility index (Phi) is 5.77. The first kappa shape index (κ1) is 17.3. The van der Waals surface area contributed by atoms with E-state index in [1.165, 1.54) is 43.6 Å². The zero-order valence-corrected chi connectivity index (χ0v) is 15.1. The third-order valence-corrected chi connectivity index (χ3v) is 5.58. The molecule has 2 aliphatic rings. The van der Waals surface area contributed by atoms with Gasteiger partial charge in [-0.2, -0.15) is 0 Å². The van der Waals surface area contributed by atoms with E-state index in [2.05, 4.69) is 41.4 Å². The molecule has 1 N–H and O–H groups in total. The molecule has 0 bridgehead atoms. The van der Waals surface area contributed by atoms with Gasteiger partial charge in [-0.3, -0.25) is 4.79 Å². The highest BCUT2D eigenvalue weighted by molar-refractivity contribution is 5.73. The minimum atomic E-state index is 0.202. The molecule has 0 aliphatic carbocycles. The van der Waals surface area contributed by atoms with E-state index in [4.69, 9.17) is 0 Å². The maximum absolute atomic E-state index is 11.5. The van der Waals surface area contributed by atoms with Crippen LogP contribution in [0.25, 0.3) is 0 Å². The Labute approximate surface area is 146 Å². The van der Waals surface area contributed by atoms with Crippen LogP contribution >= 0.6 is 0 Å². The lowest BCUT2D eigenvalue weighted by molar-refractivity contribution is -0.130. The van der Waals surface area contributed by atoms with Gasteiger partial charge in [-0.1, -0.05) is 19.1 Å². The molecular formula is C20H31N3O. The topological polar surface area (TPSA) is 35.6 Å². The molecule has 1 amide bonds. The molecule has 3 rings (SSSR count).